The molecule has 0 radical (unpaired) electrons. The predicted molar refractivity (Wildman–Crippen MR) is 81.7 cm³/mol. The predicted octanol–water partition coefficient (Wildman–Crippen LogP) is 4.90. The number of benzene rings is 2. The van der Waals surface area contributed by atoms with Gasteiger partial charge in [-0.05, 0) is 48.7 Å². The third kappa shape index (κ3) is 3.17. The number of hydrogen-bond acceptors (Lipinski definition) is 3. The Morgan fingerprint density at radius 1 is 1.15 bits per heavy atom. The van der Waals surface area contributed by atoms with Crippen LogP contribution in [0, 0.1) is 24.0 Å². The van der Waals surface area contributed by atoms with Gasteiger partial charge in [-0.2, -0.15) is 0 Å². The lowest BCUT2D eigenvalue weighted by Crippen LogP contribution is -1.93. The van der Waals surface area contributed by atoms with Gasteiger partial charge in [0.25, 0.3) is 5.69 Å². The molecule has 0 heterocycles. The number of aryl methyl sites for hydroxylation is 2. The highest BCUT2D eigenvalue weighted by atomic mass is 79.9. The molecule has 2 rings (SSSR count). The molecule has 5 heteroatoms. The first-order valence-corrected chi connectivity index (χ1v) is 7.22. The fourth-order valence-corrected chi connectivity index (χ4v) is 2.45. The van der Waals surface area contributed by atoms with Gasteiger partial charge < -0.3 is 4.74 Å². The van der Waals surface area contributed by atoms with Gasteiger partial charge in [0.05, 0.1) is 11.0 Å². The number of nitro benzene ring substituents is 1. The van der Waals surface area contributed by atoms with E-state index in [4.69, 9.17) is 4.74 Å². The maximum absolute atomic E-state index is 10.8. The zero-order valence-corrected chi connectivity index (χ0v) is 12.8. The van der Waals surface area contributed by atoms with E-state index in [0.717, 1.165) is 16.5 Å². The summed E-state index contributed by atoms with van der Waals surface area (Å²) < 4.78 is 5.76. The second-order valence-electron chi connectivity index (χ2n) is 4.53. The van der Waals surface area contributed by atoms with Crippen molar-refractivity contribution in [1.29, 1.82) is 0 Å². The van der Waals surface area contributed by atoms with E-state index in [1.807, 2.05) is 32.0 Å². The van der Waals surface area contributed by atoms with Crippen LogP contribution in [-0.2, 0) is 5.33 Å². The molecule has 0 N–H and O–H groups in total. The quantitative estimate of drug-likeness (QED) is 0.453. The molecular formula is C15H14BrNO3. The van der Waals surface area contributed by atoms with Crippen LogP contribution < -0.4 is 4.74 Å². The Hall–Kier alpha value is -1.88. The maximum Gasteiger partial charge on any atom is 0.273 e. The largest absolute Gasteiger partial charge is 0.457 e. The van der Waals surface area contributed by atoms with E-state index < -0.39 is 4.92 Å². The van der Waals surface area contributed by atoms with E-state index in [-0.39, 0.29) is 5.69 Å². The van der Waals surface area contributed by atoms with E-state index >= 15 is 0 Å². The zero-order chi connectivity index (χ0) is 14.7. The van der Waals surface area contributed by atoms with Crippen molar-refractivity contribution in [3.05, 3.63) is 63.2 Å². The number of rotatable bonds is 4. The lowest BCUT2D eigenvalue weighted by molar-refractivity contribution is -0.384. The summed E-state index contributed by atoms with van der Waals surface area (Å²) >= 11 is 3.42. The average Bonchev–Trinajstić information content (AvgIpc) is 2.41. The van der Waals surface area contributed by atoms with Gasteiger partial charge in [-0.1, -0.05) is 22.0 Å². The summed E-state index contributed by atoms with van der Waals surface area (Å²) in [5.41, 5.74) is 3.19. The van der Waals surface area contributed by atoms with Gasteiger partial charge >= 0.3 is 0 Å². The van der Waals surface area contributed by atoms with Crippen molar-refractivity contribution in [3.8, 4) is 11.5 Å². The number of nitrogens with zero attached hydrogens (tertiary/aromatic N) is 1. The zero-order valence-electron chi connectivity index (χ0n) is 11.2. The second kappa shape index (κ2) is 6.05. The summed E-state index contributed by atoms with van der Waals surface area (Å²) in [5, 5.41) is 11.6. The first-order chi connectivity index (χ1) is 9.51. The summed E-state index contributed by atoms with van der Waals surface area (Å²) in [7, 11) is 0. The molecule has 2 aromatic rings. The number of halogens is 1. The van der Waals surface area contributed by atoms with Crippen molar-refractivity contribution in [1.82, 2.24) is 0 Å². The van der Waals surface area contributed by atoms with Crippen molar-refractivity contribution >= 4 is 21.6 Å². The molecule has 20 heavy (non-hydrogen) atoms. The van der Waals surface area contributed by atoms with Crippen molar-refractivity contribution in [2.75, 3.05) is 0 Å². The van der Waals surface area contributed by atoms with Crippen LogP contribution in [0.4, 0.5) is 5.69 Å². The van der Waals surface area contributed by atoms with Crippen LogP contribution in [0.2, 0.25) is 0 Å². The van der Waals surface area contributed by atoms with Gasteiger partial charge in [0.2, 0.25) is 0 Å². The van der Waals surface area contributed by atoms with E-state index in [1.54, 1.807) is 6.07 Å². The van der Waals surface area contributed by atoms with Crippen LogP contribution in [0.15, 0.2) is 36.4 Å². The number of hydrogen-bond donors (Lipinski definition) is 0. The molecule has 2 aromatic carbocycles. The van der Waals surface area contributed by atoms with Crippen LogP contribution in [0.3, 0.4) is 0 Å². The molecular weight excluding hydrogens is 322 g/mol. The van der Waals surface area contributed by atoms with Gasteiger partial charge in [-0.3, -0.25) is 10.1 Å². The summed E-state index contributed by atoms with van der Waals surface area (Å²) in [6, 6.07) is 10.4. The van der Waals surface area contributed by atoms with Crippen molar-refractivity contribution < 1.29 is 9.66 Å². The first-order valence-electron chi connectivity index (χ1n) is 6.09. The first kappa shape index (κ1) is 14.5. The Kier molecular flexibility index (Phi) is 4.39. The summed E-state index contributed by atoms with van der Waals surface area (Å²) in [5.74, 6) is 1.18. The van der Waals surface area contributed by atoms with Gasteiger partial charge in [0, 0.05) is 11.4 Å². The van der Waals surface area contributed by atoms with Crippen LogP contribution >= 0.6 is 15.9 Å². The topological polar surface area (TPSA) is 52.4 Å². The van der Waals surface area contributed by atoms with Crippen LogP contribution in [0.25, 0.3) is 0 Å². The Morgan fingerprint density at radius 2 is 1.90 bits per heavy atom. The molecule has 0 bridgehead atoms. The molecule has 0 saturated heterocycles. The third-order valence-corrected chi connectivity index (χ3v) is 3.67. The Labute approximate surface area is 125 Å². The van der Waals surface area contributed by atoms with Gasteiger partial charge in [-0.15, -0.1) is 0 Å². The molecule has 0 aliphatic carbocycles. The molecule has 0 atom stereocenters. The Bertz CT molecular complexity index is 656. The number of non-ortho nitro benzene ring substituents is 1. The minimum atomic E-state index is -0.425. The minimum Gasteiger partial charge on any atom is -0.457 e. The molecule has 0 unspecified atom stereocenters. The summed E-state index contributed by atoms with van der Waals surface area (Å²) in [6.07, 6.45) is 0. The SMILES string of the molecule is Cc1cc(Oc2cc([N+](=O)[O-])ccc2C)ccc1CBr. The van der Waals surface area contributed by atoms with Crippen molar-refractivity contribution in [2.45, 2.75) is 19.2 Å². The Morgan fingerprint density at radius 3 is 2.50 bits per heavy atom. The molecule has 0 aliphatic rings. The van der Waals surface area contributed by atoms with Gasteiger partial charge in [-0.25, -0.2) is 0 Å². The van der Waals surface area contributed by atoms with Crippen LogP contribution in [0.1, 0.15) is 16.7 Å². The van der Waals surface area contributed by atoms with E-state index in [2.05, 4.69) is 15.9 Å². The highest BCUT2D eigenvalue weighted by Crippen LogP contribution is 2.30. The normalized spacial score (nSPS) is 10.3. The van der Waals surface area contributed by atoms with Crippen LogP contribution in [0.5, 0.6) is 11.5 Å². The molecule has 0 amide bonds. The summed E-state index contributed by atoms with van der Waals surface area (Å²) in [6.45, 7) is 3.86. The molecule has 0 fully saturated rings. The van der Waals surface area contributed by atoms with Crippen molar-refractivity contribution in [3.63, 3.8) is 0 Å². The van der Waals surface area contributed by atoms with E-state index in [1.165, 1.54) is 17.7 Å². The minimum absolute atomic E-state index is 0.0272. The monoisotopic (exact) mass is 335 g/mol. The maximum atomic E-state index is 10.8. The molecule has 0 aromatic heterocycles. The molecule has 0 aliphatic heterocycles. The molecule has 4 nitrogen and oxygen atoms in total. The summed E-state index contributed by atoms with van der Waals surface area (Å²) in [4.78, 5) is 10.4. The Balaban J connectivity index is 2.32. The third-order valence-electron chi connectivity index (χ3n) is 3.07. The fourth-order valence-electron chi connectivity index (χ4n) is 1.82. The molecule has 0 spiro atoms. The molecule has 0 saturated carbocycles. The lowest BCUT2D eigenvalue weighted by Gasteiger charge is -2.10. The van der Waals surface area contributed by atoms with E-state index in [9.17, 15) is 10.1 Å². The van der Waals surface area contributed by atoms with Gasteiger partial charge in [0.15, 0.2) is 0 Å². The lowest BCUT2D eigenvalue weighted by atomic mass is 10.1. The van der Waals surface area contributed by atoms with Gasteiger partial charge in [0.1, 0.15) is 11.5 Å². The highest BCUT2D eigenvalue weighted by molar-refractivity contribution is 9.08. The molecule has 104 valence electrons. The second-order valence-corrected chi connectivity index (χ2v) is 5.09. The fraction of sp³-hybridized carbons (Fsp3) is 0.200. The van der Waals surface area contributed by atoms with E-state index in [0.29, 0.717) is 11.5 Å². The smallest absolute Gasteiger partial charge is 0.273 e. The number of alkyl halides is 1. The van der Waals surface area contributed by atoms with Crippen LogP contribution in [-0.4, -0.2) is 4.92 Å². The number of ether oxygens (including phenoxy) is 1. The van der Waals surface area contributed by atoms with Crippen molar-refractivity contribution in [2.24, 2.45) is 0 Å². The highest BCUT2D eigenvalue weighted by Gasteiger charge is 2.10. The average molecular weight is 336 g/mol. The standard InChI is InChI=1S/C15H14BrNO3/c1-10-3-5-13(17(18)19)8-15(10)20-14-6-4-12(9-16)11(2)7-14/h3-8H,9H2,1-2H3. The number of nitro groups is 1.